The fraction of sp³-hybridized carbons (Fsp3) is 0.400. The van der Waals surface area contributed by atoms with Crippen LogP contribution in [0.4, 0.5) is 11.4 Å². The largest absolute Gasteiger partial charge is 0.394 e. The van der Waals surface area contributed by atoms with Crippen molar-refractivity contribution >= 4 is 22.3 Å². The van der Waals surface area contributed by atoms with Crippen molar-refractivity contribution in [2.75, 3.05) is 18.1 Å². The number of nitro groups is 1. The van der Waals surface area contributed by atoms with Crippen LogP contribution in [0.15, 0.2) is 30.5 Å². The molecule has 6 heteroatoms. The van der Waals surface area contributed by atoms with Crippen LogP contribution in [0.5, 0.6) is 0 Å². The van der Waals surface area contributed by atoms with E-state index in [9.17, 15) is 15.2 Å². The zero-order chi connectivity index (χ0) is 14.8. The first-order valence-corrected chi connectivity index (χ1v) is 7.12. The highest BCUT2D eigenvalue weighted by atomic mass is 16.6. The number of benzene rings is 1. The van der Waals surface area contributed by atoms with Gasteiger partial charge in [0.15, 0.2) is 0 Å². The van der Waals surface area contributed by atoms with E-state index < -0.39 is 4.92 Å². The minimum atomic E-state index is -0.404. The van der Waals surface area contributed by atoms with Crippen molar-refractivity contribution in [3.8, 4) is 0 Å². The summed E-state index contributed by atoms with van der Waals surface area (Å²) in [6.07, 6.45) is 4.71. The molecule has 0 bridgehead atoms. The summed E-state index contributed by atoms with van der Waals surface area (Å²) in [5, 5.41) is 21.5. The van der Waals surface area contributed by atoms with E-state index in [2.05, 4.69) is 9.88 Å². The summed E-state index contributed by atoms with van der Waals surface area (Å²) < 4.78 is 0. The summed E-state index contributed by atoms with van der Waals surface area (Å²) in [5.74, 6) is 0. The Labute approximate surface area is 122 Å². The van der Waals surface area contributed by atoms with Gasteiger partial charge in [-0.1, -0.05) is 12.1 Å². The van der Waals surface area contributed by atoms with E-state index in [0.717, 1.165) is 36.9 Å². The number of nitrogens with zero attached hydrogens (tertiary/aromatic N) is 3. The molecule has 2 heterocycles. The summed E-state index contributed by atoms with van der Waals surface area (Å²) in [6, 6.07) is 6.96. The Kier molecular flexibility index (Phi) is 3.70. The number of rotatable bonds is 3. The highest BCUT2D eigenvalue weighted by Crippen LogP contribution is 2.33. The minimum absolute atomic E-state index is 0.0203. The molecular weight excluding hydrogens is 270 g/mol. The average Bonchev–Trinajstić information content (AvgIpc) is 2.53. The Balaban J connectivity index is 2.14. The third-order valence-corrected chi connectivity index (χ3v) is 4.07. The maximum absolute atomic E-state index is 11.1. The highest BCUT2D eigenvalue weighted by Gasteiger charge is 2.24. The number of piperidine rings is 1. The molecule has 21 heavy (non-hydrogen) atoms. The molecular formula is C15H17N3O3. The molecule has 1 fully saturated rings. The van der Waals surface area contributed by atoms with Crippen LogP contribution in [0.25, 0.3) is 10.9 Å². The molecule has 110 valence electrons. The van der Waals surface area contributed by atoms with Crippen LogP contribution in [-0.2, 0) is 0 Å². The van der Waals surface area contributed by atoms with E-state index in [1.807, 2.05) is 12.1 Å². The smallest absolute Gasteiger partial charge is 0.295 e. The second kappa shape index (κ2) is 5.65. The average molecular weight is 287 g/mol. The van der Waals surface area contributed by atoms with Crippen molar-refractivity contribution in [1.29, 1.82) is 0 Å². The molecule has 0 spiro atoms. The standard InChI is InChI=1S/C15H17N3O3/c19-10-11-4-1-2-9-17(11)13-7-8-16-15-12(13)5-3-6-14(15)18(20)21/h3,5-8,11,19H,1-2,4,9-10H2. The fourth-order valence-electron chi connectivity index (χ4n) is 3.05. The van der Waals surface area contributed by atoms with E-state index in [4.69, 9.17) is 0 Å². The quantitative estimate of drug-likeness (QED) is 0.693. The molecule has 1 aliphatic rings. The molecule has 3 rings (SSSR count). The van der Waals surface area contributed by atoms with E-state index in [0.29, 0.717) is 5.52 Å². The maximum Gasteiger partial charge on any atom is 0.295 e. The maximum atomic E-state index is 11.1. The molecule has 6 nitrogen and oxygen atoms in total. The van der Waals surface area contributed by atoms with Gasteiger partial charge < -0.3 is 10.0 Å². The molecule has 1 aromatic heterocycles. The second-order valence-corrected chi connectivity index (χ2v) is 5.29. The number of fused-ring (bicyclic) bond motifs is 1. The van der Waals surface area contributed by atoms with E-state index in [-0.39, 0.29) is 18.3 Å². The molecule has 0 amide bonds. The van der Waals surface area contributed by atoms with Crippen LogP contribution in [0, 0.1) is 10.1 Å². The summed E-state index contributed by atoms with van der Waals surface area (Å²) in [5.41, 5.74) is 1.34. The summed E-state index contributed by atoms with van der Waals surface area (Å²) in [6.45, 7) is 0.950. The van der Waals surface area contributed by atoms with Gasteiger partial charge >= 0.3 is 0 Å². The van der Waals surface area contributed by atoms with Gasteiger partial charge in [0.05, 0.1) is 17.6 Å². The third-order valence-electron chi connectivity index (χ3n) is 4.07. The SMILES string of the molecule is O=[N+]([O-])c1cccc2c(N3CCCCC3CO)ccnc12. The van der Waals surface area contributed by atoms with Crippen molar-refractivity contribution in [1.82, 2.24) is 4.98 Å². The first-order valence-electron chi connectivity index (χ1n) is 7.12. The number of hydrogen-bond donors (Lipinski definition) is 1. The van der Waals surface area contributed by atoms with Gasteiger partial charge in [-0.15, -0.1) is 0 Å². The van der Waals surface area contributed by atoms with E-state index >= 15 is 0 Å². The zero-order valence-electron chi connectivity index (χ0n) is 11.6. The molecule has 0 aliphatic carbocycles. The molecule has 2 aromatic rings. The lowest BCUT2D eigenvalue weighted by Gasteiger charge is -2.37. The number of aliphatic hydroxyl groups excluding tert-OH is 1. The Hall–Kier alpha value is -2.21. The van der Waals surface area contributed by atoms with Crippen molar-refractivity contribution in [3.63, 3.8) is 0 Å². The third kappa shape index (κ3) is 2.42. The minimum Gasteiger partial charge on any atom is -0.394 e. The van der Waals surface area contributed by atoms with Gasteiger partial charge in [0, 0.05) is 29.9 Å². The Morgan fingerprint density at radius 1 is 1.38 bits per heavy atom. The number of aliphatic hydroxyl groups is 1. The van der Waals surface area contributed by atoms with Crippen LogP contribution in [0.1, 0.15) is 19.3 Å². The lowest BCUT2D eigenvalue weighted by molar-refractivity contribution is -0.383. The summed E-state index contributed by atoms with van der Waals surface area (Å²) in [7, 11) is 0. The highest BCUT2D eigenvalue weighted by molar-refractivity contribution is 5.96. The van der Waals surface area contributed by atoms with Crippen molar-refractivity contribution in [3.05, 3.63) is 40.6 Å². The van der Waals surface area contributed by atoms with Gasteiger partial charge in [-0.25, -0.2) is 4.98 Å². The number of aromatic nitrogens is 1. The molecule has 1 aliphatic heterocycles. The molecule has 0 saturated carbocycles. The van der Waals surface area contributed by atoms with Crippen molar-refractivity contribution in [2.24, 2.45) is 0 Å². The van der Waals surface area contributed by atoms with Crippen LogP contribution in [-0.4, -0.2) is 34.2 Å². The van der Waals surface area contributed by atoms with Gasteiger partial charge in [-0.2, -0.15) is 0 Å². The molecule has 1 atom stereocenters. The number of nitro benzene ring substituents is 1. The molecule has 0 radical (unpaired) electrons. The first kappa shape index (κ1) is 13.8. The predicted molar refractivity (Wildman–Crippen MR) is 80.5 cm³/mol. The first-order chi connectivity index (χ1) is 10.2. The van der Waals surface area contributed by atoms with Crippen molar-refractivity contribution < 1.29 is 10.0 Å². The van der Waals surface area contributed by atoms with Gasteiger partial charge in [0.25, 0.3) is 5.69 Å². The van der Waals surface area contributed by atoms with Crippen LogP contribution in [0.2, 0.25) is 0 Å². The van der Waals surface area contributed by atoms with Crippen LogP contribution in [0.3, 0.4) is 0 Å². The van der Waals surface area contributed by atoms with E-state index in [1.165, 1.54) is 6.07 Å². The Morgan fingerprint density at radius 2 is 2.24 bits per heavy atom. The molecule has 1 N–H and O–H groups in total. The van der Waals surface area contributed by atoms with Crippen LogP contribution < -0.4 is 4.90 Å². The van der Waals surface area contributed by atoms with E-state index in [1.54, 1.807) is 12.3 Å². The molecule has 1 unspecified atom stereocenters. The molecule has 1 aromatic carbocycles. The number of anilines is 1. The number of non-ortho nitro benzene ring substituents is 1. The predicted octanol–water partition coefficient (Wildman–Crippen LogP) is 2.49. The van der Waals surface area contributed by atoms with Crippen molar-refractivity contribution in [2.45, 2.75) is 25.3 Å². The lowest BCUT2D eigenvalue weighted by atomic mass is 10.0. The Bertz CT molecular complexity index is 674. The zero-order valence-corrected chi connectivity index (χ0v) is 11.6. The normalized spacial score (nSPS) is 18.9. The van der Waals surface area contributed by atoms with Gasteiger partial charge in [-0.3, -0.25) is 10.1 Å². The lowest BCUT2D eigenvalue weighted by Crippen LogP contribution is -2.42. The van der Waals surface area contributed by atoms with Crippen LogP contribution >= 0.6 is 0 Å². The summed E-state index contributed by atoms with van der Waals surface area (Å²) >= 11 is 0. The molecule has 1 saturated heterocycles. The monoisotopic (exact) mass is 287 g/mol. The topological polar surface area (TPSA) is 79.5 Å². The van der Waals surface area contributed by atoms with Gasteiger partial charge in [0.2, 0.25) is 0 Å². The second-order valence-electron chi connectivity index (χ2n) is 5.29. The fourth-order valence-corrected chi connectivity index (χ4v) is 3.05. The Morgan fingerprint density at radius 3 is 3.00 bits per heavy atom. The number of hydrogen-bond acceptors (Lipinski definition) is 5. The summed E-state index contributed by atoms with van der Waals surface area (Å²) in [4.78, 5) is 17.1. The number of para-hydroxylation sites is 1. The number of pyridine rings is 1. The van der Waals surface area contributed by atoms with Gasteiger partial charge in [-0.05, 0) is 25.3 Å². The van der Waals surface area contributed by atoms with Gasteiger partial charge in [0.1, 0.15) is 5.52 Å².